The number of nitrogens with one attached hydrogen (secondary N) is 2. The van der Waals surface area contributed by atoms with Crippen LogP contribution in [0.25, 0.3) is 0 Å². The van der Waals surface area contributed by atoms with E-state index in [0.717, 1.165) is 31.5 Å². The standard InChI is InChI=1S/C15H19F3N2O2.ClH/c1-2-20-14(21)12-9-11(10-5-7-19-8-6-10)3-4-13(12)22-15(16,17)18;/h3-4,9-10,19H,2,5-8H2,1H3,(H,20,21);1H. The summed E-state index contributed by atoms with van der Waals surface area (Å²) in [6, 6.07) is 4.36. The molecule has 1 fully saturated rings. The molecule has 0 bridgehead atoms. The Balaban J connectivity index is 0.00000264. The highest BCUT2D eigenvalue weighted by molar-refractivity contribution is 5.97. The van der Waals surface area contributed by atoms with Crippen molar-refractivity contribution in [2.45, 2.75) is 32.0 Å². The molecule has 1 heterocycles. The average Bonchev–Trinajstić information content (AvgIpc) is 2.47. The van der Waals surface area contributed by atoms with Crippen molar-refractivity contribution in [2.24, 2.45) is 0 Å². The molecule has 0 atom stereocenters. The van der Waals surface area contributed by atoms with Gasteiger partial charge in [0.2, 0.25) is 0 Å². The number of piperidine rings is 1. The highest BCUT2D eigenvalue weighted by Crippen LogP contribution is 2.32. The van der Waals surface area contributed by atoms with Crippen LogP contribution in [0.5, 0.6) is 5.75 Å². The second-order valence-electron chi connectivity index (χ2n) is 5.19. The fraction of sp³-hybridized carbons (Fsp3) is 0.533. The van der Waals surface area contributed by atoms with Gasteiger partial charge >= 0.3 is 6.36 Å². The van der Waals surface area contributed by atoms with Crippen molar-refractivity contribution in [3.05, 3.63) is 29.3 Å². The van der Waals surface area contributed by atoms with Crippen LogP contribution in [-0.2, 0) is 0 Å². The molecule has 8 heteroatoms. The first kappa shape index (κ1) is 19.6. The lowest BCUT2D eigenvalue weighted by Crippen LogP contribution is -2.28. The van der Waals surface area contributed by atoms with Crippen LogP contribution in [0, 0.1) is 0 Å². The number of amides is 1. The van der Waals surface area contributed by atoms with Gasteiger partial charge in [-0.25, -0.2) is 0 Å². The molecule has 1 saturated heterocycles. The minimum atomic E-state index is -4.82. The van der Waals surface area contributed by atoms with Crippen molar-refractivity contribution < 1.29 is 22.7 Å². The topological polar surface area (TPSA) is 50.4 Å². The van der Waals surface area contributed by atoms with Crippen LogP contribution < -0.4 is 15.4 Å². The van der Waals surface area contributed by atoms with Gasteiger partial charge in [0.1, 0.15) is 5.75 Å². The second kappa shape index (κ2) is 8.40. The van der Waals surface area contributed by atoms with E-state index in [1.54, 1.807) is 13.0 Å². The third-order valence-electron chi connectivity index (χ3n) is 3.62. The molecule has 4 nitrogen and oxygen atoms in total. The fourth-order valence-corrected chi connectivity index (χ4v) is 2.60. The quantitative estimate of drug-likeness (QED) is 0.874. The van der Waals surface area contributed by atoms with Crippen molar-refractivity contribution in [3.63, 3.8) is 0 Å². The molecule has 0 unspecified atom stereocenters. The van der Waals surface area contributed by atoms with E-state index < -0.39 is 18.0 Å². The molecule has 2 N–H and O–H groups in total. The maximum Gasteiger partial charge on any atom is 0.573 e. The molecule has 1 amide bonds. The Bertz CT molecular complexity index is 532. The molecule has 0 aliphatic carbocycles. The van der Waals surface area contributed by atoms with E-state index in [-0.39, 0.29) is 23.9 Å². The van der Waals surface area contributed by atoms with Crippen LogP contribution in [0.3, 0.4) is 0 Å². The van der Waals surface area contributed by atoms with Gasteiger partial charge in [0.15, 0.2) is 0 Å². The Kier molecular flexibility index (Phi) is 7.15. The first-order valence-electron chi connectivity index (χ1n) is 7.29. The maximum atomic E-state index is 12.5. The van der Waals surface area contributed by atoms with Crippen LogP contribution in [0.4, 0.5) is 13.2 Å². The summed E-state index contributed by atoms with van der Waals surface area (Å²) in [5.41, 5.74) is 0.799. The summed E-state index contributed by atoms with van der Waals surface area (Å²) in [5, 5.41) is 5.75. The summed E-state index contributed by atoms with van der Waals surface area (Å²) in [7, 11) is 0. The van der Waals surface area contributed by atoms with Gasteiger partial charge in [-0.15, -0.1) is 25.6 Å². The predicted octanol–water partition coefficient (Wildman–Crippen LogP) is 3.22. The summed E-state index contributed by atoms with van der Waals surface area (Å²) in [5.74, 6) is -0.775. The lowest BCUT2D eigenvalue weighted by molar-refractivity contribution is -0.274. The Morgan fingerprint density at radius 1 is 1.35 bits per heavy atom. The third-order valence-corrected chi connectivity index (χ3v) is 3.62. The first-order valence-corrected chi connectivity index (χ1v) is 7.29. The number of alkyl halides is 3. The molecule has 1 aliphatic rings. The largest absolute Gasteiger partial charge is 0.573 e. The van der Waals surface area contributed by atoms with Gasteiger partial charge in [-0.2, -0.15) is 0 Å². The van der Waals surface area contributed by atoms with Crippen LogP contribution in [0.15, 0.2) is 18.2 Å². The number of carbonyl (C=O) groups is 1. The monoisotopic (exact) mass is 352 g/mol. The molecule has 2 rings (SSSR count). The Morgan fingerprint density at radius 2 is 2.00 bits per heavy atom. The number of hydrogen-bond acceptors (Lipinski definition) is 3. The number of ether oxygens (including phenoxy) is 1. The lowest BCUT2D eigenvalue weighted by Gasteiger charge is -2.24. The number of hydrogen-bond donors (Lipinski definition) is 2. The molecular formula is C15H20ClF3N2O2. The molecule has 1 aliphatic heterocycles. The van der Waals surface area contributed by atoms with Crippen molar-refractivity contribution in [2.75, 3.05) is 19.6 Å². The van der Waals surface area contributed by atoms with E-state index in [4.69, 9.17) is 0 Å². The van der Waals surface area contributed by atoms with E-state index in [0.29, 0.717) is 6.54 Å². The Labute approximate surface area is 139 Å². The zero-order valence-corrected chi connectivity index (χ0v) is 13.5. The third kappa shape index (κ3) is 5.58. The van der Waals surface area contributed by atoms with Gasteiger partial charge in [-0.3, -0.25) is 4.79 Å². The normalized spacial score (nSPS) is 15.7. The minimum absolute atomic E-state index is 0. The maximum absolute atomic E-state index is 12.5. The van der Waals surface area contributed by atoms with Gasteiger partial charge in [-0.1, -0.05) is 6.07 Å². The van der Waals surface area contributed by atoms with Crippen molar-refractivity contribution in [3.8, 4) is 5.75 Å². The van der Waals surface area contributed by atoms with Crippen molar-refractivity contribution >= 4 is 18.3 Å². The zero-order chi connectivity index (χ0) is 16.2. The number of rotatable bonds is 4. The molecule has 1 aromatic rings. The fourth-order valence-electron chi connectivity index (χ4n) is 2.60. The molecule has 130 valence electrons. The van der Waals surface area contributed by atoms with Crippen LogP contribution in [0.2, 0.25) is 0 Å². The highest BCUT2D eigenvalue weighted by Gasteiger charge is 2.33. The molecule has 1 aromatic carbocycles. The van der Waals surface area contributed by atoms with Gasteiger partial charge < -0.3 is 15.4 Å². The summed E-state index contributed by atoms with van der Waals surface area (Å²) in [6.07, 6.45) is -3.03. The first-order chi connectivity index (χ1) is 10.4. The molecule has 0 radical (unpaired) electrons. The predicted molar refractivity (Wildman–Crippen MR) is 83.2 cm³/mol. The van der Waals surface area contributed by atoms with Gasteiger partial charge in [-0.05, 0) is 56.5 Å². The van der Waals surface area contributed by atoms with E-state index in [1.807, 2.05) is 0 Å². The number of carbonyl (C=O) groups excluding carboxylic acids is 1. The summed E-state index contributed by atoms with van der Waals surface area (Å²) in [4.78, 5) is 12.0. The van der Waals surface area contributed by atoms with E-state index in [2.05, 4.69) is 15.4 Å². The Morgan fingerprint density at radius 3 is 2.57 bits per heavy atom. The summed E-state index contributed by atoms with van der Waals surface area (Å²) in [6.45, 7) is 3.77. The smallest absolute Gasteiger partial charge is 0.405 e. The lowest BCUT2D eigenvalue weighted by atomic mass is 9.89. The van der Waals surface area contributed by atoms with Gasteiger partial charge in [0.25, 0.3) is 5.91 Å². The van der Waals surface area contributed by atoms with Crippen LogP contribution in [0.1, 0.15) is 41.6 Å². The Hall–Kier alpha value is -1.47. The SMILES string of the molecule is CCNC(=O)c1cc(C2CCNCC2)ccc1OC(F)(F)F.Cl. The zero-order valence-electron chi connectivity index (χ0n) is 12.7. The van der Waals surface area contributed by atoms with Gasteiger partial charge in [0, 0.05) is 6.54 Å². The van der Waals surface area contributed by atoms with Crippen molar-refractivity contribution in [1.29, 1.82) is 0 Å². The van der Waals surface area contributed by atoms with Crippen LogP contribution in [-0.4, -0.2) is 31.9 Å². The average molecular weight is 353 g/mol. The van der Waals surface area contributed by atoms with E-state index in [1.165, 1.54) is 12.1 Å². The molecule has 0 aromatic heterocycles. The minimum Gasteiger partial charge on any atom is -0.405 e. The van der Waals surface area contributed by atoms with E-state index in [9.17, 15) is 18.0 Å². The molecule has 23 heavy (non-hydrogen) atoms. The molecular weight excluding hydrogens is 333 g/mol. The van der Waals surface area contributed by atoms with Crippen LogP contribution >= 0.6 is 12.4 Å². The van der Waals surface area contributed by atoms with Crippen molar-refractivity contribution in [1.82, 2.24) is 10.6 Å². The summed E-state index contributed by atoms with van der Waals surface area (Å²) >= 11 is 0. The highest BCUT2D eigenvalue weighted by atomic mass is 35.5. The van der Waals surface area contributed by atoms with E-state index >= 15 is 0 Å². The molecule has 0 spiro atoms. The number of halogens is 4. The summed E-state index contributed by atoms with van der Waals surface area (Å²) < 4.78 is 41.4. The number of benzene rings is 1. The molecule has 0 saturated carbocycles. The second-order valence-corrected chi connectivity index (χ2v) is 5.19. The van der Waals surface area contributed by atoms with Gasteiger partial charge in [0.05, 0.1) is 5.56 Å².